The Bertz CT molecular complexity index is 695. The largest absolute Gasteiger partial charge is 0.499 e. The molecule has 0 fully saturated rings. The van der Waals surface area contributed by atoms with Crippen LogP contribution >= 0.6 is 0 Å². The van der Waals surface area contributed by atoms with Crippen LogP contribution in [0.5, 0.6) is 0 Å². The average molecular weight is 277 g/mol. The maximum absolute atomic E-state index is 11.1. The molecule has 0 aromatic carbocycles. The number of carbonyl (C=O) groups is 2. The second-order valence-electron chi connectivity index (χ2n) is 3.84. The molecule has 0 bridgehead atoms. The molecule has 1 aliphatic heterocycles. The van der Waals surface area contributed by atoms with E-state index >= 15 is 0 Å². The molecule has 0 spiro atoms. The monoisotopic (exact) mass is 277 g/mol. The second-order valence-corrected chi connectivity index (χ2v) is 3.84. The van der Waals surface area contributed by atoms with Crippen LogP contribution in [-0.4, -0.2) is 38.7 Å². The van der Waals surface area contributed by atoms with Crippen LogP contribution in [0.2, 0.25) is 0 Å². The van der Waals surface area contributed by atoms with Crippen molar-refractivity contribution in [1.29, 1.82) is 5.26 Å². The summed E-state index contributed by atoms with van der Waals surface area (Å²) in [4.78, 5) is 48.3. The minimum absolute atomic E-state index is 0.245. The number of rotatable bonds is 2. The Morgan fingerprint density at radius 2 is 1.75 bits per heavy atom. The number of hydrogen-bond donors (Lipinski definition) is 0. The van der Waals surface area contributed by atoms with Gasteiger partial charge in [-0.05, 0) is 6.08 Å². The van der Waals surface area contributed by atoms with Gasteiger partial charge in [0.2, 0.25) is 0 Å². The molecule has 0 unspecified atom stereocenters. The van der Waals surface area contributed by atoms with Gasteiger partial charge in [0.05, 0.1) is 11.4 Å². The molecule has 11 nitrogen and oxygen atoms in total. The van der Waals surface area contributed by atoms with Gasteiger partial charge in [-0.15, -0.1) is 0 Å². The summed E-state index contributed by atoms with van der Waals surface area (Å²) in [6, 6.07) is 1.36. The zero-order valence-corrected chi connectivity index (χ0v) is 9.47. The van der Waals surface area contributed by atoms with E-state index in [2.05, 4.69) is 9.98 Å². The minimum Gasteiger partial charge on any atom is -0.261 e. The fourth-order valence-corrected chi connectivity index (χ4v) is 1.79. The van der Waals surface area contributed by atoms with Gasteiger partial charge in [0.25, 0.3) is 0 Å². The number of amides is 2. The first-order valence-electron chi connectivity index (χ1n) is 4.99. The van der Waals surface area contributed by atoms with Crippen molar-refractivity contribution in [2.45, 2.75) is 12.1 Å². The van der Waals surface area contributed by atoms with Crippen molar-refractivity contribution in [3.8, 4) is 6.07 Å². The molecule has 1 heterocycles. The third kappa shape index (κ3) is 1.59. The highest BCUT2D eigenvalue weighted by Gasteiger charge is 2.64. The first-order valence-corrected chi connectivity index (χ1v) is 4.99. The number of nitrogens with zero attached hydrogens (tertiary/aromatic N) is 5. The Morgan fingerprint density at radius 3 is 2.25 bits per heavy atom. The van der Waals surface area contributed by atoms with Gasteiger partial charge in [0, 0.05) is 0 Å². The lowest BCUT2D eigenvalue weighted by atomic mass is 9.86. The van der Waals surface area contributed by atoms with Gasteiger partial charge in [-0.1, -0.05) is 0 Å². The van der Waals surface area contributed by atoms with Crippen molar-refractivity contribution in [1.82, 2.24) is 0 Å². The summed E-state index contributed by atoms with van der Waals surface area (Å²) in [5.41, 5.74) is -4.31. The Balaban J connectivity index is 2.71. The van der Waals surface area contributed by atoms with E-state index in [4.69, 9.17) is 5.26 Å². The average Bonchev–Trinajstić information content (AvgIpc) is 2.38. The molecule has 1 aliphatic carbocycles. The van der Waals surface area contributed by atoms with Crippen LogP contribution in [0.15, 0.2) is 21.6 Å². The highest BCUT2D eigenvalue weighted by atomic mass is 16.7. The summed E-state index contributed by atoms with van der Waals surface area (Å²) < 4.78 is 0. The van der Waals surface area contributed by atoms with Crippen molar-refractivity contribution in [2.24, 2.45) is 9.98 Å². The maximum Gasteiger partial charge on any atom is 0.499 e. The molecule has 0 aromatic rings. The third-order valence-electron chi connectivity index (χ3n) is 2.79. The fourth-order valence-electron chi connectivity index (χ4n) is 1.79. The Hall–Kier alpha value is -3.29. The quantitative estimate of drug-likeness (QED) is 0.270. The van der Waals surface area contributed by atoms with E-state index in [-0.39, 0.29) is 11.4 Å². The molecular formula is C9H3N5O6. The van der Waals surface area contributed by atoms with Gasteiger partial charge < -0.3 is 0 Å². The van der Waals surface area contributed by atoms with Crippen LogP contribution in [0.3, 0.4) is 0 Å². The summed E-state index contributed by atoms with van der Waals surface area (Å²) in [6.45, 7) is 0. The van der Waals surface area contributed by atoms with E-state index in [0.717, 1.165) is 6.08 Å². The van der Waals surface area contributed by atoms with Gasteiger partial charge in [0.1, 0.15) is 22.3 Å². The lowest BCUT2D eigenvalue weighted by molar-refractivity contribution is -0.781. The lowest BCUT2D eigenvalue weighted by Crippen LogP contribution is -2.53. The SMILES string of the molecule is N#CC1=CC2=NC(=O)C(=O)N=C2CC1([N+](=O)[O-])[N+](=O)[O-]. The van der Waals surface area contributed by atoms with Crippen LogP contribution in [0.1, 0.15) is 6.42 Å². The molecule has 0 radical (unpaired) electrons. The summed E-state index contributed by atoms with van der Waals surface area (Å²) in [5, 5.41) is 30.9. The van der Waals surface area contributed by atoms with Crippen LogP contribution in [0, 0.1) is 31.6 Å². The predicted octanol–water partition coefficient (Wildman–Crippen LogP) is -0.961. The molecule has 20 heavy (non-hydrogen) atoms. The molecule has 0 aromatic heterocycles. The molecule has 0 saturated heterocycles. The van der Waals surface area contributed by atoms with Gasteiger partial charge >= 0.3 is 17.5 Å². The van der Waals surface area contributed by atoms with E-state index in [1.807, 2.05) is 0 Å². The first kappa shape index (κ1) is 13.1. The van der Waals surface area contributed by atoms with E-state index in [0.29, 0.717) is 0 Å². The van der Waals surface area contributed by atoms with Crippen molar-refractivity contribution in [2.75, 3.05) is 0 Å². The number of nitro groups is 2. The zero-order chi connectivity index (χ0) is 15.1. The number of aliphatic imine (C=N–C) groups is 2. The summed E-state index contributed by atoms with van der Waals surface area (Å²) in [6.07, 6.45) is -0.192. The van der Waals surface area contributed by atoms with E-state index in [1.165, 1.54) is 6.07 Å². The van der Waals surface area contributed by atoms with Crippen molar-refractivity contribution < 1.29 is 19.4 Å². The standard InChI is InChI=1S/C9H3N5O6/c10-3-4-1-5-6(12-8(16)7(15)11-5)2-9(4,13(17)18)14(19)20/h1H,2H2. The zero-order valence-electron chi connectivity index (χ0n) is 9.47. The summed E-state index contributed by atoms with van der Waals surface area (Å²) >= 11 is 0. The van der Waals surface area contributed by atoms with Gasteiger partial charge in [-0.25, -0.2) is 9.98 Å². The molecule has 2 aliphatic rings. The number of carbonyl (C=O) groups excluding carboxylic acids is 2. The van der Waals surface area contributed by atoms with Gasteiger partial charge in [-0.2, -0.15) is 5.26 Å². The van der Waals surface area contributed by atoms with Gasteiger partial charge in [0.15, 0.2) is 5.57 Å². The summed E-state index contributed by atoms with van der Waals surface area (Å²) in [7, 11) is 0. The number of nitriles is 1. The van der Waals surface area contributed by atoms with Crippen LogP contribution in [0.4, 0.5) is 0 Å². The smallest absolute Gasteiger partial charge is 0.261 e. The Kier molecular flexibility index (Phi) is 2.71. The van der Waals surface area contributed by atoms with Crippen molar-refractivity contribution in [3.05, 3.63) is 31.9 Å². The lowest BCUT2D eigenvalue weighted by Gasteiger charge is -2.22. The molecule has 2 amide bonds. The van der Waals surface area contributed by atoms with Crippen LogP contribution in [-0.2, 0) is 9.59 Å². The minimum atomic E-state index is -2.92. The predicted molar refractivity (Wildman–Crippen MR) is 59.9 cm³/mol. The maximum atomic E-state index is 11.1. The second kappa shape index (κ2) is 4.12. The van der Waals surface area contributed by atoms with Crippen LogP contribution < -0.4 is 0 Å². The molecule has 11 heteroatoms. The Morgan fingerprint density at radius 1 is 1.20 bits per heavy atom. The molecule has 0 N–H and O–H groups in total. The van der Waals surface area contributed by atoms with Crippen molar-refractivity contribution in [3.63, 3.8) is 0 Å². The highest BCUT2D eigenvalue weighted by molar-refractivity contribution is 6.57. The molecule has 0 atom stereocenters. The van der Waals surface area contributed by atoms with E-state index < -0.39 is 39.3 Å². The van der Waals surface area contributed by atoms with E-state index in [9.17, 15) is 29.8 Å². The normalized spacial score (nSPS) is 20.1. The topological polar surface area (TPSA) is 169 Å². The summed E-state index contributed by atoms with van der Waals surface area (Å²) in [5.74, 6) is -2.47. The number of allylic oxidation sites excluding steroid dienone is 1. The number of fused-ring (bicyclic) bond motifs is 1. The molecule has 2 rings (SSSR count). The van der Waals surface area contributed by atoms with Crippen molar-refractivity contribution >= 4 is 23.2 Å². The van der Waals surface area contributed by atoms with Crippen LogP contribution in [0.25, 0.3) is 0 Å². The molecule has 100 valence electrons. The highest BCUT2D eigenvalue weighted by Crippen LogP contribution is 2.31. The fraction of sp³-hybridized carbons (Fsp3) is 0.222. The first-order chi connectivity index (χ1) is 9.32. The third-order valence-corrected chi connectivity index (χ3v) is 2.79. The number of hydrogen-bond acceptors (Lipinski definition) is 7. The Labute approximate surface area is 109 Å². The van der Waals surface area contributed by atoms with Gasteiger partial charge in [-0.3, -0.25) is 29.8 Å². The molecular weight excluding hydrogens is 274 g/mol. The molecule has 0 saturated carbocycles. The van der Waals surface area contributed by atoms with E-state index in [1.54, 1.807) is 0 Å².